The van der Waals surface area contributed by atoms with Crippen molar-refractivity contribution in [2.45, 2.75) is 52.1 Å². The van der Waals surface area contributed by atoms with E-state index < -0.39 is 0 Å². The Morgan fingerprint density at radius 2 is 1.88 bits per heavy atom. The predicted molar refractivity (Wildman–Crippen MR) is 98.7 cm³/mol. The van der Waals surface area contributed by atoms with Crippen molar-refractivity contribution >= 4 is 0 Å². The molecule has 0 bridgehead atoms. The number of rotatable bonds is 8. The zero-order valence-electron chi connectivity index (χ0n) is 15.3. The second-order valence-electron chi connectivity index (χ2n) is 6.73. The number of allylic oxidation sites excluding steroid dienone is 3. The fourth-order valence-electron chi connectivity index (χ4n) is 3.34. The normalized spacial score (nSPS) is 19.1. The molecular weight excluding hydrogens is 300 g/mol. The standard InChI is InChI=1S/C21H30O3/c1-15(7-5-6-8-20-16(2)9-10-21(20)22)11-17-12-18(23-3)14-19(13-17)24-4/h5,7,12-15,21-22H,6,8-11H2,1-4H3/b7-5+. The summed E-state index contributed by atoms with van der Waals surface area (Å²) in [5, 5.41) is 9.96. The lowest BCUT2D eigenvalue weighted by Crippen LogP contribution is -2.04. The summed E-state index contributed by atoms with van der Waals surface area (Å²) < 4.78 is 10.7. The summed E-state index contributed by atoms with van der Waals surface area (Å²) in [6, 6.07) is 6.03. The van der Waals surface area contributed by atoms with Gasteiger partial charge in [0, 0.05) is 6.07 Å². The first-order valence-corrected chi connectivity index (χ1v) is 8.78. The van der Waals surface area contributed by atoms with E-state index in [0.717, 1.165) is 43.6 Å². The van der Waals surface area contributed by atoms with Crippen molar-refractivity contribution in [3.05, 3.63) is 47.1 Å². The van der Waals surface area contributed by atoms with Gasteiger partial charge in [0.15, 0.2) is 0 Å². The minimum absolute atomic E-state index is 0.208. The monoisotopic (exact) mass is 330 g/mol. The van der Waals surface area contributed by atoms with E-state index in [1.165, 1.54) is 16.7 Å². The molecular formula is C21H30O3. The van der Waals surface area contributed by atoms with E-state index in [1.807, 2.05) is 6.07 Å². The Morgan fingerprint density at radius 3 is 2.42 bits per heavy atom. The average molecular weight is 330 g/mol. The fraction of sp³-hybridized carbons (Fsp3) is 0.524. The molecule has 0 saturated heterocycles. The highest BCUT2D eigenvalue weighted by Gasteiger charge is 2.19. The average Bonchev–Trinajstić information content (AvgIpc) is 2.89. The first kappa shape index (κ1) is 18.6. The molecule has 0 aliphatic heterocycles. The van der Waals surface area contributed by atoms with Crippen LogP contribution in [0.3, 0.4) is 0 Å². The molecule has 3 heteroatoms. The zero-order chi connectivity index (χ0) is 17.5. The molecule has 2 atom stereocenters. The highest BCUT2D eigenvalue weighted by Crippen LogP contribution is 2.29. The van der Waals surface area contributed by atoms with Crippen molar-refractivity contribution in [2.75, 3.05) is 14.2 Å². The van der Waals surface area contributed by atoms with Crippen LogP contribution in [0, 0.1) is 5.92 Å². The Kier molecular flexibility index (Phi) is 6.92. The van der Waals surface area contributed by atoms with Crippen LogP contribution in [0.15, 0.2) is 41.5 Å². The van der Waals surface area contributed by atoms with Gasteiger partial charge < -0.3 is 14.6 Å². The topological polar surface area (TPSA) is 38.7 Å². The molecule has 2 rings (SSSR count). The van der Waals surface area contributed by atoms with E-state index in [9.17, 15) is 5.11 Å². The van der Waals surface area contributed by atoms with E-state index in [-0.39, 0.29) is 6.10 Å². The third-order valence-electron chi connectivity index (χ3n) is 4.76. The van der Waals surface area contributed by atoms with Gasteiger partial charge in [0.25, 0.3) is 0 Å². The van der Waals surface area contributed by atoms with Gasteiger partial charge in [0.1, 0.15) is 11.5 Å². The highest BCUT2D eigenvalue weighted by molar-refractivity contribution is 5.38. The zero-order valence-corrected chi connectivity index (χ0v) is 15.3. The maximum atomic E-state index is 9.96. The van der Waals surface area contributed by atoms with Gasteiger partial charge in [-0.05, 0) is 68.2 Å². The van der Waals surface area contributed by atoms with Gasteiger partial charge in [-0.25, -0.2) is 0 Å². The summed E-state index contributed by atoms with van der Waals surface area (Å²) in [4.78, 5) is 0. The van der Waals surface area contributed by atoms with Crippen LogP contribution < -0.4 is 9.47 Å². The molecule has 0 radical (unpaired) electrons. The first-order valence-electron chi connectivity index (χ1n) is 8.78. The highest BCUT2D eigenvalue weighted by atomic mass is 16.5. The number of ether oxygens (including phenoxy) is 2. The molecule has 0 spiro atoms. The molecule has 1 aliphatic carbocycles. The van der Waals surface area contributed by atoms with Gasteiger partial charge in [-0.15, -0.1) is 0 Å². The van der Waals surface area contributed by atoms with Crippen molar-refractivity contribution in [1.82, 2.24) is 0 Å². The number of aliphatic hydroxyl groups excluding tert-OH is 1. The van der Waals surface area contributed by atoms with Crippen LogP contribution in [0.25, 0.3) is 0 Å². The largest absolute Gasteiger partial charge is 0.497 e. The summed E-state index contributed by atoms with van der Waals surface area (Å²) in [7, 11) is 3.35. The Hall–Kier alpha value is -1.74. The predicted octanol–water partition coefficient (Wildman–Crippen LogP) is 4.69. The smallest absolute Gasteiger partial charge is 0.122 e. The fourth-order valence-corrected chi connectivity index (χ4v) is 3.34. The molecule has 0 aromatic heterocycles. The molecule has 1 aliphatic rings. The van der Waals surface area contributed by atoms with Crippen LogP contribution in [0.2, 0.25) is 0 Å². The summed E-state index contributed by atoms with van der Waals surface area (Å²) in [6.07, 6.45) is 9.18. The van der Waals surface area contributed by atoms with Crippen LogP contribution in [-0.2, 0) is 6.42 Å². The van der Waals surface area contributed by atoms with Crippen LogP contribution in [0.1, 0.15) is 45.1 Å². The Labute approximate surface area is 146 Å². The Balaban J connectivity index is 1.86. The summed E-state index contributed by atoms with van der Waals surface area (Å²) in [6.45, 7) is 4.37. The van der Waals surface area contributed by atoms with Crippen molar-refractivity contribution in [2.24, 2.45) is 5.92 Å². The van der Waals surface area contributed by atoms with E-state index in [4.69, 9.17) is 9.47 Å². The second kappa shape index (κ2) is 8.93. The van der Waals surface area contributed by atoms with Crippen molar-refractivity contribution in [3.8, 4) is 11.5 Å². The minimum atomic E-state index is -0.208. The summed E-state index contributed by atoms with van der Waals surface area (Å²) in [5.74, 6) is 2.11. The lowest BCUT2D eigenvalue weighted by atomic mass is 9.99. The lowest BCUT2D eigenvalue weighted by Gasteiger charge is -2.11. The molecule has 0 amide bonds. The SMILES string of the molecule is COc1cc(CC(C)/C=C/CCC2=C(C)CCC2O)cc(OC)c1. The molecule has 0 saturated carbocycles. The quantitative estimate of drug-likeness (QED) is 0.703. The molecule has 2 unspecified atom stereocenters. The summed E-state index contributed by atoms with van der Waals surface area (Å²) in [5.41, 5.74) is 3.85. The third-order valence-corrected chi connectivity index (χ3v) is 4.76. The van der Waals surface area contributed by atoms with Gasteiger partial charge in [-0.1, -0.05) is 24.6 Å². The Bertz CT molecular complexity index is 579. The van der Waals surface area contributed by atoms with Crippen molar-refractivity contribution in [1.29, 1.82) is 0 Å². The first-order chi connectivity index (χ1) is 11.5. The lowest BCUT2D eigenvalue weighted by molar-refractivity contribution is 0.208. The second-order valence-corrected chi connectivity index (χ2v) is 6.73. The van der Waals surface area contributed by atoms with Gasteiger partial charge in [0.2, 0.25) is 0 Å². The van der Waals surface area contributed by atoms with Crippen LogP contribution in [0.4, 0.5) is 0 Å². The van der Waals surface area contributed by atoms with E-state index >= 15 is 0 Å². The molecule has 1 N–H and O–H groups in total. The number of benzene rings is 1. The molecule has 0 heterocycles. The minimum Gasteiger partial charge on any atom is -0.497 e. The number of hydrogen-bond donors (Lipinski definition) is 1. The van der Waals surface area contributed by atoms with Gasteiger partial charge >= 0.3 is 0 Å². The molecule has 1 aromatic rings. The van der Waals surface area contributed by atoms with Gasteiger partial charge in [-0.3, -0.25) is 0 Å². The van der Waals surface area contributed by atoms with Gasteiger partial charge in [-0.2, -0.15) is 0 Å². The number of hydrogen-bond acceptors (Lipinski definition) is 3. The van der Waals surface area contributed by atoms with Crippen molar-refractivity contribution in [3.63, 3.8) is 0 Å². The van der Waals surface area contributed by atoms with E-state index in [1.54, 1.807) is 14.2 Å². The maximum Gasteiger partial charge on any atom is 0.122 e. The Morgan fingerprint density at radius 1 is 1.21 bits per heavy atom. The molecule has 24 heavy (non-hydrogen) atoms. The van der Waals surface area contributed by atoms with Crippen LogP contribution in [-0.4, -0.2) is 25.4 Å². The molecule has 3 nitrogen and oxygen atoms in total. The number of aliphatic hydroxyl groups is 1. The third kappa shape index (κ3) is 5.13. The van der Waals surface area contributed by atoms with Crippen molar-refractivity contribution < 1.29 is 14.6 Å². The molecule has 1 aromatic carbocycles. The van der Waals surface area contributed by atoms with Gasteiger partial charge in [0.05, 0.1) is 20.3 Å². The number of methoxy groups -OCH3 is 2. The summed E-state index contributed by atoms with van der Waals surface area (Å²) >= 11 is 0. The van der Waals surface area contributed by atoms with Crippen LogP contribution in [0.5, 0.6) is 11.5 Å². The maximum absolute atomic E-state index is 9.96. The van der Waals surface area contributed by atoms with E-state index in [0.29, 0.717) is 5.92 Å². The van der Waals surface area contributed by atoms with Crippen LogP contribution >= 0.6 is 0 Å². The molecule has 132 valence electrons. The van der Waals surface area contributed by atoms with E-state index in [2.05, 4.69) is 38.1 Å². The molecule has 0 fully saturated rings.